The van der Waals surface area contributed by atoms with Gasteiger partial charge in [0.25, 0.3) is 0 Å². The van der Waals surface area contributed by atoms with E-state index >= 15 is 0 Å². The average molecular weight is 286 g/mol. The van der Waals surface area contributed by atoms with Gasteiger partial charge in [-0.25, -0.2) is 0 Å². The molecule has 1 atom stereocenters. The van der Waals surface area contributed by atoms with E-state index in [0.29, 0.717) is 17.8 Å². The van der Waals surface area contributed by atoms with E-state index in [2.05, 4.69) is 20.7 Å². The first-order chi connectivity index (χ1) is 9.40. The molecule has 2 heterocycles. The molecule has 0 aliphatic heterocycles. The Morgan fingerprint density at radius 1 is 1.40 bits per heavy atom. The molecular weight excluding hydrogens is 273 g/mol. The molecule has 2 aromatic heterocycles. The van der Waals surface area contributed by atoms with E-state index in [1.165, 1.54) is 10.7 Å². The molecule has 2 aromatic rings. The highest BCUT2D eigenvalue weighted by atomic mass is 19.4. The van der Waals surface area contributed by atoms with Gasteiger partial charge in [-0.1, -0.05) is 5.21 Å². The molecule has 108 valence electrons. The summed E-state index contributed by atoms with van der Waals surface area (Å²) in [7, 11) is 1.72. The molecule has 0 bridgehead atoms. The lowest BCUT2D eigenvalue weighted by Crippen LogP contribution is -2.30. The lowest BCUT2D eigenvalue weighted by molar-refractivity contribution is -0.137. The summed E-state index contributed by atoms with van der Waals surface area (Å²) in [6.07, 6.45) is -1.53. The van der Waals surface area contributed by atoms with Crippen molar-refractivity contribution in [3.63, 3.8) is 0 Å². The van der Waals surface area contributed by atoms with Crippen LogP contribution in [0.2, 0.25) is 0 Å². The predicted molar refractivity (Wildman–Crippen MR) is 64.0 cm³/mol. The van der Waals surface area contributed by atoms with Gasteiger partial charge in [0.05, 0.1) is 23.0 Å². The van der Waals surface area contributed by atoms with E-state index in [4.69, 9.17) is 5.84 Å². The van der Waals surface area contributed by atoms with E-state index < -0.39 is 17.8 Å². The summed E-state index contributed by atoms with van der Waals surface area (Å²) in [6.45, 7) is 0. The lowest BCUT2D eigenvalue weighted by atomic mass is 10.1. The fourth-order valence-electron chi connectivity index (χ4n) is 1.73. The summed E-state index contributed by atoms with van der Waals surface area (Å²) in [4.78, 5) is 3.80. The zero-order valence-corrected chi connectivity index (χ0v) is 10.6. The van der Waals surface area contributed by atoms with Crippen molar-refractivity contribution >= 4 is 0 Å². The Balaban J connectivity index is 2.15. The largest absolute Gasteiger partial charge is 0.417 e. The number of hydrogen-bond acceptors (Lipinski definition) is 5. The average Bonchev–Trinajstić information content (AvgIpc) is 2.81. The molecule has 0 saturated carbocycles. The highest BCUT2D eigenvalue weighted by Crippen LogP contribution is 2.29. The third-order valence-corrected chi connectivity index (χ3v) is 2.74. The number of alkyl halides is 3. The molecule has 2 rings (SSSR count). The number of nitrogens with two attached hydrogens (primary N) is 1. The SMILES string of the molecule is Cn1cc(CC(NN)c2ccc(C(F)(F)F)cn2)nn1. The number of nitrogens with zero attached hydrogens (tertiary/aromatic N) is 4. The summed E-state index contributed by atoms with van der Waals surface area (Å²) >= 11 is 0. The van der Waals surface area contributed by atoms with E-state index in [-0.39, 0.29) is 0 Å². The summed E-state index contributed by atoms with van der Waals surface area (Å²) in [5, 5.41) is 7.67. The van der Waals surface area contributed by atoms with Crippen LogP contribution in [-0.4, -0.2) is 20.0 Å². The maximum Gasteiger partial charge on any atom is 0.417 e. The van der Waals surface area contributed by atoms with Crippen LogP contribution in [0.15, 0.2) is 24.5 Å². The standard InChI is InChI=1S/C11H13F3N6/c1-20-6-8(18-19-20)4-10(17-15)9-3-2-7(5-16-9)11(12,13)14/h2-3,5-6,10,17H,4,15H2,1H3. The van der Waals surface area contributed by atoms with Gasteiger partial charge in [0.2, 0.25) is 0 Å². The minimum atomic E-state index is -4.40. The fourth-order valence-corrected chi connectivity index (χ4v) is 1.73. The molecule has 9 heteroatoms. The first-order valence-corrected chi connectivity index (χ1v) is 5.74. The van der Waals surface area contributed by atoms with Crippen LogP contribution in [0.3, 0.4) is 0 Å². The van der Waals surface area contributed by atoms with Crippen LogP contribution < -0.4 is 11.3 Å². The number of halogens is 3. The summed E-state index contributed by atoms with van der Waals surface area (Å²) < 4.78 is 38.9. The van der Waals surface area contributed by atoms with Crippen LogP contribution in [0, 0.1) is 0 Å². The van der Waals surface area contributed by atoms with Crippen molar-refractivity contribution in [3.05, 3.63) is 41.5 Å². The summed E-state index contributed by atoms with van der Waals surface area (Å²) in [5.41, 5.74) is 2.79. The number of aryl methyl sites for hydroxylation is 1. The maximum atomic E-state index is 12.5. The molecule has 6 nitrogen and oxygen atoms in total. The number of hydrazine groups is 1. The van der Waals surface area contributed by atoms with Gasteiger partial charge in [-0.3, -0.25) is 20.9 Å². The molecule has 0 aliphatic carbocycles. The van der Waals surface area contributed by atoms with Gasteiger partial charge in [-0.2, -0.15) is 13.2 Å². The van der Waals surface area contributed by atoms with Gasteiger partial charge in [0.1, 0.15) is 0 Å². The molecule has 20 heavy (non-hydrogen) atoms. The molecule has 0 saturated heterocycles. The second kappa shape index (κ2) is 5.55. The van der Waals surface area contributed by atoms with Crippen molar-refractivity contribution in [2.75, 3.05) is 0 Å². The van der Waals surface area contributed by atoms with E-state index in [0.717, 1.165) is 12.3 Å². The van der Waals surface area contributed by atoms with Gasteiger partial charge in [0, 0.05) is 25.9 Å². The minimum absolute atomic E-state index is 0.378. The van der Waals surface area contributed by atoms with Gasteiger partial charge in [-0.15, -0.1) is 5.10 Å². The predicted octanol–water partition coefficient (Wildman–Crippen LogP) is 0.976. The molecular formula is C11H13F3N6. The zero-order valence-electron chi connectivity index (χ0n) is 10.6. The first kappa shape index (κ1) is 14.4. The number of nitrogens with one attached hydrogen (secondary N) is 1. The number of rotatable bonds is 4. The number of aromatic nitrogens is 4. The Morgan fingerprint density at radius 3 is 2.60 bits per heavy atom. The van der Waals surface area contributed by atoms with Crippen LogP contribution in [0.1, 0.15) is 23.0 Å². The molecule has 0 fully saturated rings. The highest BCUT2D eigenvalue weighted by Gasteiger charge is 2.31. The Hall–Kier alpha value is -2.00. The van der Waals surface area contributed by atoms with Crippen molar-refractivity contribution in [2.24, 2.45) is 12.9 Å². The Kier molecular flexibility index (Phi) is 4.00. The lowest BCUT2D eigenvalue weighted by Gasteiger charge is -2.14. The van der Waals surface area contributed by atoms with Crippen molar-refractivity contribution < 1.29 is 13.2 Å². The minimum Gasteiger partial charge on any atom is -0.271 e. The first-order valence-electron chi connectivity index (χ1n) is 5.74. The van der Waals surface area contributed by atoms with Crippen molar-refractivity contribution in [1.82, 2.24) is 25.4 Å². The highest BCUT2D eigenvalue weighted by molar-refractivity contribution is 5.19. The second-order valence-electron chi connectivity index (χ2n) is 4.28. The normalized spacial score (nSPS) is 13.4. The molecule has 0 aliphatic rings. The van der Waals surface area contributed by atoms with Crippen molar-refractivity contribution in [2.45, 2.75) is 18.6 Å². The molecule has 0 amide bonds. The van der Waals surface area contributed by atoms with Gasteiger partial charge < -0.3 is 0 Å². The van der Waals surface area contributed by atoms with Crippen LogP contribution in [-0.2, 0) is 19.6 Å². The van der Waals surface area contributed by atoms with Crippen LogP contribution >= 0.6 is 0 Å². The van der Waals surface area contributed by atoms with Crippen molar-refractivity contribution in [3.8, 4) is 0 Å². The molecule has 0 radical (unpaired) electrons. The Morgan fingerprint density at radius 2 is 2.15 bits per heavy atom. The van der Waals surface area contributed by atoms with E-state index in [9.17, 15) is 13.2 Å². The quantitative estimate of drug-likeness (QED) is 0.646. The zero-order chi connectivity index (χ0) is 14.8. The topological polar surface area (TPSA) is 81.7 Å². The van der Waals surface area contributed by atoms with Crippen LogP contribution in [0.5, 0.6) is 0 Å². The maximum absolute atomic E-state index is 12.5. The van der Waals surface area contributed by atoms with Crippen LogP contribution in [0.4, 0.5) is 13.2 Å². The second-order valence-corrected chi connectivity index (χ2v) is 4.28. The molecule has 0 spiro atoms. The number of hydrogen-bond donors (Lipinski definition) is 2. The summed E-state index contributed by atoms with van der Waals surface area (Å²) in [5.74, 6) is 5.42. The summed E-state index contributed by atoms with van der Waals surface area (Å²) in [6, 6.07) is 1.83. The van der Waals surface area contributed by atoms with E-state index in [1.54, 1.807) is 13.2 Å². The van der Waals surface area contributed by atoms with Crippen LogP contribution in [0.25, 0.3) is 0 Å². The molecule has 1 unspecified atom stereocenters. The van der Waals surface area contributed by atoms with Gasteiger partial charge >= 0.3 is 6.18 Å². The van der Waals surface area contributed by atoms with Gasteiger partial charge in [0.15, 0.2) is 0 Å². The Bertz CT molecular complexity index is 562. The Labute approximate surface area is 112 Å². The molecule has 0 aromatic carbocycles. The van der Waals surface area contributed by atoms with Crippen molar-refractivity contribution in [1.29, 1.82) is 0 Å². The smallest absolute Gasteiger partial charge is 0.271 e. The molecule has 3 N–H and O–H groups in total. The fraction of sp³-hybridized carbons (Fsp3) is 0.364. The third-order valence-electron chi connectivity index (χ3n) is 2.74. The monoisotopic (exact) mass is 286 g/mol. The van der Waals surface area contributed by atoms with Gasteiger partial charge in [-0.05, 0) is 12.1 Å². The van der Waals surface area contributed by atoms with E-state index in [1.807, 2.05) is 0 Å². The number of pyridine rings is 1. The third kappa shape index (κ3) is 3.31.